The van der Waals surface area contributed by atoms with Gasteiger partial charge < -0.3 is 15.2 Å². The molecule has 0 saturated carbocycles. The molecule has 156 valence electrons. The molecule has 0 bridgehead atoms. The Morgan fingerprint density at radius 2 is 2.03 bits per heavy atom. The molecule has 1 fully saturated rings. The number of benzene rings is 1. The second kappa shape index (κ2) is 8.25. The third-order valence-electron chi connectivity index (χ3n) is 4.74. The van der Waals surface area contributed by atoms with Crippen molar-refractivity contribution in [3.05, 3.63) is 53.4 Å². The van der Waals surface area contributed by atoms with E-state index in [1.807, 2.05) is 19.1 Å². The Bertz CT molecular complexity index is 1040. The van der Waals surface area contributed by atoms with Gasteiger partial charge in [-0.25, -0.2) is 14.5 Å². The third-order valence-corrected chi connectivity index (χ3v) is 4.99. The Morgan fingerprint density at radius 1 is 1.27 bits per heavy atom. The van der Waals surface area contributed by atoms with Crippen LogP contribution in [-0.2, 0) is 4.74 Å². The van der Waals surface area contributed by atoms with Crippen LogP contribution < -0.4 is 10.2 Å². The predicted octanol–water partition coefficient (Wildman–Crippen LogP) is 2.59. The van der Waals surface area contributed by atoms with Crippen molar-refractivity contribution >= 4 is 29.5 Å². The van der Waals surface area contributed by atoms with Crippen molar-refractivity contribution in [2.75, 3.05) is 16.8 Å². The molecule has 1 saturated heterocycles. The van der Waals surface area contributed by atoms with Crippen LogP contribution in [0.15, 0.2) is 42.7 Å². The summed E-state index contributed by atoms with van der Waals surface area (Å²) >= 11 is 5.92. The summed E-state index contributed by atoms with van der Waals surface area (Å²) in [4.78, 5) is 22.0. The van der Waals surface area contributed by atoms with Gasteiger partial charge in [0, 0.05) is 11.2 Å². The van der Waals surface area contributed by atoms with E-state index < -0.39 is 18.2 Å². The maximum Gasteiger partial charge on any atom is 0.416 e. The molecule has 30 heavy (non-hydrogen) atoms. The fourth-order valence-electron chi connectivity index (χ4n) is 3.07. The molecule has 11 heteroatoms. The molecule has 0 aliphatic carbocycles. The fourth-order valence-corrected chi connectivity index (χ4v) is 3.20. The Kier molecular flexibility index (Phi) is 5.51. The van der Waals surface area contributed by atoms with Crippen LogP contribution in [-0.4, -0.2) is 54.9 Å². The zero-order valence-electron chi connectivity index (χ0n) is 16.3. The summed E-state index contributed by atoms with van der Waals surface area (Å²) in [6, 6.07) is 8.09. The number of aliphatic hydroxyl groups excluding tert-OH is 1. The second-order valence-corrected chi connectivity index (χ2v) is 7.36. The van der Waals surface area contributed by atoms with Gasteiger partial charge in [0.1, 0.15) is 24.2 Å². The molecule has 2 aromatic heterocycles. The third kappa shape index (κ3) is 4.05. The lowest BCUT2D eigenvalue weighted by molar-refractivity contribution is 0.142. The first-order valence-electron chi connectivity index (χ1n) is 9.34. The number of ether oxygens (including phenoxy) is 1. The van der Waals surface area contributed by atoms with Gasteiger partial charge in [-0.15, -0.1) is 5.10 Å². The second-order valence-electron chi connectivity index (χ2n) is 6.92. The molecule has 3 heterocycles. The zero-order valence-corrected chi connectivity index (χ0v) is 17.1. The number of cyclic esters (lactones) is 1. The minimum absolute atomic E-state index is 0.105. The molecule has 4 rings (SSSR count). The number of amides is 1. The van der Waals surface area contributed by atoms with Gasteiger partial charge in [-0.2, -0.15) is 4.98 Å². The van der Waals surface area contributed by atoms with Crippen molar-refractivity contribution in [3.8, 4) is 5.69 Å². The molecule has 10 nitrogen and oxygen atoms in total. The van der Waals surface area contributed by atoms with Gasteiger partial charge in [0.15, 0.2) is 0 Å². The van der Waals surface area contributed by atoms with Crippen molar-refractivity contribution in [2.24, 2.45) is 0 Å². The van der Waals surface area contributed by atoms with Crippen LogP contribution in [0.4, 0.5) is 16.6 Å². The molecule has 0 radical (unpaired) electrons. The average Bonchev–Trinajstić information content (AvgIpc) is 3.36. The first-order valence-corrected chi connectivity index (χ1v) is 9.72. The maximum atomic E-state index is 12.1. The molecular weight excluding hydrogens is 410 g/mol. The Balaban J connectivity index is 1.50. The number of rotatable bonds is 6. The molecule has 3 aromatic rings. The number of nitrogens with one attached hydrogen (secondary N) is 1. The molecule has 2 N–H and O–H groups in total. The molecule has 0 spiro atoms. The normalized spacial score (nSPS) is 18.2. The molecule has 1 unspecified atom stereocenters. The van der Waals surface area contributed by atoms with Crippen molar-refractivity contribution in [1.29, 1.82) is 0 Å². The number of anilines is 2. The Hall–Kier alpha value is -3.24. The molecule has 1 aliphatic rings. The van der Waals surface area contributed by atoms with Gasteiger partial charge in [0.2, 0.25) is 5.95 Å². The van der Waals surface area contributed by atoms with Crippen LogP contribution in [0.2, 0.25) is 5.02 Å². The van der Waals surface area contributed by atoms with Crippen LogP contribution in [0, 0.1) is 0 Å². The van der Waals surface area contributed by atoms with E-state index in [1.165, 1.54) is 11.1 Å². The van der Waals surface area contributed by atoms with Gasteiger partial charge in [-0.3, -0.25) is 4.90 Å². The van der Waals surface area contributed by atoms with E-state index in [9.17, 15) is 9.90 Å². The number of nitrogens with zero attached hydrogens (tertiary/aromatic N) is 6. The van der Waals surface area contributed by atoms with Gasteiger partial charge >= 0.3 is 6.09 Å². The van der Waals surface area contributed by atoms with Crippen LogP contribution in [0.5, 0.6) is 0 Å². The zero-order chi connectivity index (χ0) is 21.3. The Morgan fingerprint density at radius 3 is 2.77 bits per heavy atom. The predicted molar refractivity (Wildman–Crippen MR) is 110 cm³/mol. The smallest absolute Gasteiger partial charge is 0.416 e. The highest BCUT2D eigenvalue weighted by Crippen LogP contribution is 2.24. The minimum Gasteiger partial charge on any atom is -0.447 e. The first-order chi connectivity index (χ1) is 14.4. The average molecular weight is 430 g/mol. The van der Waals surface area contributed by atoms with Gasteiger partial charge in [-0.1, -0.05) is 16.8 Å². The fraction of sp³-hybridized carbons (Fsp3) is 0.316. The van der Waals surface area contributed by atoms with Crippen LogP contribution in [0.25, 0.3) is 5.69 Å². The number of aliphatic hydroxyl groups is 1. The van der Waals surface area contributed by atoms with Crippen molar-refractivity contribution in [3.63, 3.8) is 0 Å². The highest BCUT2D eigenvalue weighted by atomic mass is 35.5. The standard InChI is InChI=1S/C19H20ClN7O3/c1-11(15-9-26(25-24-15)14-5-3-13(20)4-6-14)22-18-21-8-7-17(23-18)27-16(12(2)28)10-30-19(27)29/h3-9,11-12,16,28H,10H2,1-2H3,(H,21,22,23)/t11-,12+,16?/m0/s1. The number of hydrogen-bond donors (Lipinski definition) is 2. The van der Waals surface area contributed by atoms with Gasteiger partial charge in [0.05, 0.1) is 24.0 Å². The summed E-state index contributed by atoms with van der Waals surface area (Å²) in [6.45, 7) is 3.61. The lowest BCUT2D eigenvalue weighted by atomic mass is 10.2. The highest BCUT2D eigenvalue weighted by Gasteiger charge is 2.38. The van der Waals surface area contributed by atoms with Crippen LogP contribution in [0.3, 0.4) is 0 Å². The van der Waals surface area contributed by atoms with E-state index >= 15 is 0 Å². The van der Waals surface area contributed by atoms with E-state index in [0.717, 1.165) is 5.69 Å². The van der Waals surface area contributed by atoms with E-state index in [2.05, 4.69) is 25.6 Å². The summed E-state index contributed by atoms with van der Waals surface area (Å²) in [7, 11) is 0. The summed E-state index contributed by atoms with van der Waals surface area (Å²) < 4.78 is 6.70. The molecular formula is C19H20ClN7O3. The number of hydrogen-bond acceptors (Lipinski definition) is 8. The summed E-state index contributed by atoms with van der Waals surface area (Å²) in [5, 5.41) is 22.1. The van der Waals surface area contributed by atoms with Crippen molar-refractivity contribution in [1.82, 2.24) is 25.0 Å². The topological polar surface area (TPSA) is 118 Å². The number of carbonyl (C=O) groups excluding carboxylic acids is 1. The van der Waals surface area contributed by atoms with Gasteiger partial charge in [-0.05, 0) is 44.2 Å². The van der Waals surface area contributed by atoms with E-state index in [0.29, 0.717) is 22.5 Å². The van der Waals surface area contributed by atoms with Gasteiger partial charge in [0.25, 0.3) is 0 Å². The monoisotopic (exact) mass is 429 g/mol. The number of aromatic nitrogens is 5. The quantitative estimate of drug-likeness (QED) is 0.613. The maximum absolute atomic E-state index is 12.1. The summed E-state index contributed by atoms with van der Waals surface area (Å²) in [5.74, 6) is 0.656. The minimum atomic E-state index is -0.760. The van der Waals surface area contributed by atoms with E-state index in [4.69, 9.17) is 16.3 Å². The van der Waals surface area contributed by atoms with E-state index in [1.54, 1.807) is 36.0 Å². The molecule has 1 amide bonds. The largest absolute Gasteiger partial charge is 0.447 e. The Labute approximate surface area is 177 Å². The molecule has 3 atom stereocenters. The summed E-state index contributed by atoms with van der Waals surface area (Å²) in [6.07, 6.45) is 2.02. The van der Waals surface area contributed by atoms with Crippen molar-refractivity contribution in [2.45, 2.75) is 32.0 Å². The SMILES string of the molecule is C[C@H](Nc1nccc(N2C(=O)OCC2[C@@H](C)O)n1)c1cn(-c2ccc(Cl)cc2)nn1. The van der Waals surface area contributed by atoms with E-state index in [-0.39, 0.29) is 12.6 Å². The number of halogens is 1. The molecule has 1 aromatic carbocycles. The summed E-state index contributed by atoms with van der Waals surface area (Å²) in [5.41, 5.74) is 1.52. The van der Waals surface area contributed by atoms with Crippen LogP contribution in [0.1, 0.15) is 25.6 Å². The lowest BCUT2D eigenvalue weighted by Crippen LogP contribution is -2.41. The van der Waals surface area contributed by atoms with Crippen molar-refractivity contribution < 1.29 is 14.6 Å². The van der Waals surface area contributed by atoms with Crippen LogP contribution >= 0.6 is 11.6 Å². The molecule has 1 aliphatic heterocycles. The highest BCUT2D eigenvalue weighted by molar-refractivity contribution is 6.30. The first kappa shape index (κ1) is 20.0. The lowest BCUT2D eigenvalue weighted by Gasteiger charge is -2.22. The number of carbonyl (C=O) groups is 1.